The van der Waals surface area contributed by atoms with Gasteiger partial charge in [0, 0.05) is 6.61 Å². The molecule has 0 aromatic heterocycles. The zero-order valence-corrected chi connectivity index (χ0v) is 9.46. The van der Waals surface area contributed by atoms with E-state index in [0.29, 0.717) is 0 Å². The summed E-state index contributed by atoms with van der Waals surface area (Å²) in [4.78, 5) is 11.7. The molecule has 1 saturated carbocycles. The fraction of sp³-hybridized carbons (Fsp3) is 0.909. The van der Waals surface area contributed by atoms with E-state index in [9.17, 15) is 9.90 Å². The third-order valence-electron chi connectivity index (χ3n) is 4.29. The summed E-state index contributed by atoms with van der Waals surface area (Å²) in [6, 6.07) is 0. The monoisotopic (exact) mass is 200 g/mol. The molecule has 0 aliphatic heterocycles. The van der Waals surface area contributed by atoms with Crippen molar-refractivity contribution in [1.29, 1.82) is 0 Å². The van der Waals surface area contributed by atoms with Crippen molar-refractivity contribution >= 4 is 5.97 Å². The number of hydrogen-bond donors (Lipinski definition) is 1. The summed E-state index contributed by atoms with van der Waals surface area (Å²) in [5.74, 6) is 0.0463. The maximum Gasteiger partial charge on any atom is 0.312 e. The van der Waals surface area contributed by atoms with Crippen molar-refractivity contribution < 1.29 is 14.6 Å². The molecule has 1 fully saturated rings. The third kappa shape index (κ3) is 1.34. The van der Waals surface area contributed by atoms with Gasteiger partial charge in [0.15, 0.2) is 0 Å². The lowest BCUT2D eigenvalue weighted by atomic mass is 9.66. The third-order valence-corrected chi connectivity index (χ3v) is 4.29. The summed E-state index contributed by atoms with van der Waals surface area (Å²) in [5.41, 5.74) is -0.635. The van der Waals surface area contributed by atoms with E-state index < -0.39 is 5.41 Å². The van der Waals surface area contributed by atoms with E-state index in [1.54, 1.807) is 0 Å². The average molecular weight is 200 g/mol. The Labute approximate surface area is 85.5 Å². The molecule has 0 bridgehead atoms. The number of aliphatic hydroxyl groups excluding tert-OH is 1. The van der Waals surface area contributed by atoms with Crippen LogP contribution in [0.1, 0.15) is 33.6 Å². The topological polar surface area (TPSA) is 46.5 Å². The van der Waals surface area contributed by atoms with Gasteiger partial charge in [0.2, 0.25) is 0 Å². The largest absolute Gasteiger partial charge is 0.469 e. The summed E-state index contributed by atoms with van der Waals surface area (Å²) in [6.07, 6.45) is 1.70. The Balaban J connectivity index is 2.97. The number of hydrogen-bond acceptors (Lipinski definition) is 3. The summed E-state index contributed by atoms with van der Waals surface area (Å²) in [5, 5.41) is 9.24. The highest BCUT2D eigenvalue weighted by molar-refractivity contribution is 5.77. The van der Waals surface area contributed by atoms with E-state index >= 15 is 0 Å². The summed E-state index contributed by atoms with van der Waals surface area (Å²) >= 11 is 0. The molecule has 3 nitrogen and oxygen atoms in total. The zero-order valence-electron chi connectivity index (χ0n) is 9.46. The number of methoxy groups -OCH3 is 1. The first kappa shape index (κ1) is 11.5. The molecule has 82 valence electrons. The van der Waals surface area contributed by atoms with Crippen LogP contribution in [0.4, 0.5) is 0 Å². The van der Waals surface area contributed by atoms with Crippen LogP contribution in [0.25, 0.3) is 0 Å². The standard InChI is InChI=1S/C11H20O3/c1-10(2)8(7-12)5-6-11(10,3)9(13)14-4/h8,12H,5-7H2,1-4H3. The average Bonchev–Trinajstić information content (AvgIpc) is 2.38. The van der Waals surface area contributed by atoms with E-state index in [2.05, 4.69) is 0 Å². The molecule has 0 saturated heterocycles. The second-order valence-corrected chi connectivity index (χ2v) is 4.96. The Morgan fingerprint density at radius 2 is 2.07 bits per heavy atom. The molecule has 0 amide bonds. The summed E-state index contributed by atoms with van der Waals surface area (Å²) in [6.45, 7) is 6.17. The van der Waals surface area contributed by atoms with E-state index in [1.165, 1.54) is 7.11 Å². The van der Waals surface area contributed by atoms with Crippen LogP contribution >= 0.6 is 0 Å². The van der Waals surface area contributed by atoms with E-state index in [-0.39, 0.29) is 23.9 Å². The van der Waals surface area contributed by atoms with E-state index in [4.69, 9.17) is 4.74 Å². The Morgan fingerprint density at radius 3 is 2.43 bits per heavy atom. The van der Waals surface area contributed by atoms with E-state index in [0.717, 1.165) is 12.8 Å². The number of esters is 1. The number of rotatable bonds is 2. The first-order valence-electron chi connectivity index (χ1n) is 5.09. The van der Waals surface area contributed by atoms with Crippen molar-refractivity contribution in [2.24, 2.45) is 16.7 Å². The van der Waals surface area contributed by atoms with Crippen molar-refractivity contribution in [3.63, 3.8) is 0 Å². The molecule has 14 heavy (non-hydrogen) atoms. The Hall–Kier alpha value is -0.570. The van der Waals surface area contributed by atoms with Crippen LogP contribution in [-0.2, 0) is 9.53 Å². The van der Waals surface area contributed by atoms with Crippen LogP contribution in [0.3, 0.4) is 0 Å². The van der Waals surface area contributed by atoms with Crippen molar-refractivity contribution in [3.8, 4) is 0 Å². The highest BCUT2D eigenvalue weighted by atomic mass is 16.5. The van der Waals surface area contributed by atoms with Gasteiger partial charge in [-0.2, -0.15) is 0 Å². The molecule has 0 aromatic carbocycles. The van der Waals surface area contributed by atoms with Crippen LogP contribution < -0.4 is 0 Å². The molecule has 1 aliphatic carbocycles. The lowest BCUT2D eigenvalue weighted by molar-refractivity contribution is -0.158. The predicted octanol–water partition coefficient (Wildman–Crippen LogP) is 1.59. The zero-order chi connectivity index (χ0) is 11.0. The molecule has 1 N–H and O–H groups in total. The molecule has 0 spiro atoms. The fourth-order valence-electron chi connectivity index (χ4n) is 2.51. The minimum Gasteiger partial charge on any atom is -0.469 e. The van der Waals surface area contributed by atoms with Gasteiger partial charge in [0.1, 0.15) is 0 Å². The number of carbonyl (C=O) groups is 1. The van der Waals surface area contributed by atoms with E-state index in [1.807, 2.05) is 20.8 Å². The van der Waals surface area contributed by atoms with Crippen molar-refractivity contribution in [2.45, 2.75) is 33.6 Å². The summed E-state index contributed by atoms with van der Waals surface area (Å²) < 4.78 is 4.85. The molecule has 1 rings (SSSR count). The SMILES string of the molecule is COC(=O)C1(C)CCC(CO)C1(C)C. The molecule has 2 atom stereocenters. The van der Waals surface area contributed by atoms with Gasteiger partial charge in [-0.25, -0.2) is 0 Å². The normalized spacial score (nSPS) is 35.6. The second-order valence-electron chi connectivity index (χ2n) is 4.96. The number of carbonyl (C=O) groups excluding carboxylic acids is 1. The van der Waals surface area contributed by atoms with Crippen LogP contribution in [0.2, 0.25) is 0 Å². The van der Waals surface area contributed by atoms with Gasteiger partial charge in [-0.05, 0) is 31.1 Å². The predicted molar refractivity (Wildman–Crippen MR) is 53.7 cm³/mol. The van der Waals surface area contributed by atoms with Gasteiger partial charge in [-0.1, -0.05) is 13.8 Å². The molecular weight excluding hydrogens is 180 g/mol. The lowest BCUT2D eigenvalue weighted by Gasteiger charge is -2.38. The Bertz CT molecular complexity index is 235. The number of aliphatic hydroxyl groups is 1. The minimum atomic E-state index is -0.449. The minimum absolute atomic E-state index is 0.152. The molecule has 0 radical (unpaired) electrons. The molecule has 0 aromatic rings. The van der Waals surface area contributed by atoms with Crippen LogP contribution in [0.5, 0.6) is 0 Å². The van der Waals surface area contributed by atoms with Gasteiger partial charge in [-0.3, -0.25) is 4.79 Å². The van der Waals surface area contributed by atoms with Gasteiger partial charge < -0.3 is 9.84 Å². The maximum absolute atomic E-state index is 11.7. The lowest BCUT2D eigenvalue weighted by Crippen LogP contribution is -2.42. The first-order valence-corrected chi connectivity index (χ1v) is 5.09. The maximum atomic E-state index is 11.7. The van der Waals surface area contributed by atoms with Crippen molar-refractivity contribution in [3.05, 3.63) is 0 Å². The quantitative estimate of drug-likeness (QED) is 0.689. The smallest absolute Gasteiger partial charge is 0.312 e. The molecule has 1 aliphatic rings. The summed E-state index contributed by atoms with van der Waals surface area (Å²) in [7, 11) is 1.43. The van der Waals surface area contributed by atoms with Gasteiger partial charge in [-0.15, -0.1) is 0 Å². The first-order chi connectivity index (χ1) is 6.40. The second kappa shape index (κ2) is 3.54. The van der Waals surface area contributed by atoms with Gasteiger partial charge in [0.05, 0.1) is 12.5 Å². The highest BCUT2D eigenvalue weighted by Crippen LogP contribution is 2.56. The molecule has 2 unspecified atom stereocenters. The molecule has 3 heteroatoms. The highest BCUT2D eigenvalue weighted by Gasteiger charge is 2.56. The van der Waals surface area contributed by atoms with Crippen LogP contribution in [0.15, 0.2) is 0 Å². The Morgan fingerprint density at radius 1 is 1.50 bits per heavy atom. The van der Waals surface area contributed by atoms with Crippen LogP contribution in [-0.4, -0.2) is 24.8 Å². The van der Waals surface area contributed by atoms with Gasteiger partial charge >= 0.3 is 5.97 Å². The van der Waals surface area contributed by atoms with Crippen molar-refractivity contribution in [2.75, 3.05) is 13.7 Å². The van der Waals surface area contributed by atoms with Crippen molar-refractivity contribution in [1.82, 2.24) is 0 Å². The van der Waals surface area contributed by atoms with Gasteiger partial charge in [0.25, 0.3) is 0 Å². The number of ether oxygens (including phenoxy) is 1. The fourth-order valence-corrected chi connectivity index (χ4v) is 2.51. The molecule has 0 heterocycles. The van der Waals surface area contributed by atoms with Crippen LogP contribution in [0, 0.1) is 16.7 Å². The Kier molecular flexibility index (Phi) is 2.91. The molecular formula is C11H20O3.